The normalized spacial score (nSPS) is 11.3. The molecule has 2 aromatic rings. The zero-order valence-corrected chi connectivity index (χ0v) is 9.97. The summed E-state index contributed by atoms with van der Waals surface area (Å²) in [7, 11) is 0. The maximum absolute atomic E-state index is 12.3. The molecule has 0 saturated carbocycles. The molecular weight excluding hydrogens is 283 g/mol. The summed E-state index contributed by atoms with van der Waals surface area (Å²) in [5, 5.41) is 3.85. The van der Waals surface area contributed by atoms with E-state index in [0.29, 0.717) is 10.9 Å². The van der Waals surface area contributed by atoms with Gasteiger partial charge in [0, 0.05) is 0 Å². The van der Waals surface area contributed by atoms with Gasteiger partial charge in [-0.05, 0) is 23.6 Å². The number of thiophene rings is 1. The topological polar surface area (TPSA) is 59.3 Å². The van der Waals surface area contributed by atoms with Gasteiger partial charge in [-0.1, -0.05) is 6.07 Å². The fourth-order valence-electron chi connectivity index (χ4n) is 1.25. The van der Waals surface area contributed by atoms with E-state index in [1.807, 2.05) is 0 Å². The summed E-state index contributed by atoms with van der Waals surface area (Å²) < 4.78 is 40.9. The SMILES string of the molecule is O=C(Nc1ccc(C(F)(F)F)oc1=O)c1cccs1. The lowest BCUT2D eigenvalue weighted by Crippen LogP contribution is -2.18. The maximum atomic E-state index is 12.3. The third-order valence-electron chi connectivity index (χ3n) is 2.10. The van der Waals surface area contributed by atoms with Crippen LogP contribution in [0.25, 0.3) is 0 Å². The molecule has 8 heteroatoms. The number of alkyl halides is 3. The van der Waals surface area contributed by atoms with Crippen LogP contribution in [0, 0.1) is 0 Å². The number of amides is 1. The molecule has 0 aliphatic heterocycles. The Morgan fingerprint density at radius 1 is 1.26 bits per heavy atom. The second-order valence-electron chi connectivity index (χ2n) is 3.43. The molecule has 0 unspecified atom stereocenters. The minimum Gasteiger partial charge on any atom is -0.417 e. The van der Waals surface area contributed by atoms with Crippen LogP contribution in [0.15, 0.2) is 38.9 Å². The van der Waals surface area contributed by atoms with Crippen molar-refractivity contribution >= 4 is 22.9 Å². The predicted octanol–water partition coefficient (Wildman–Crippen LogP) is 2.97. The van der Waals surface area contributed by atoms with E-state index in [1.165, 1.54) is 6.07 Å². The van der Waals surface area contributed by atoms with Crippen LogP contribution >= 0.6 is 11.3 Å². The second kappa shape index (κ2) is 4.88. The molecule has 19 heavy (non-hydrogen) atoms. The number of nitrogens with one attached hydrogen (secondary N) is 1. The maximum Gasteiger partial charge on any atom is 0.449 e. The van der Waals surface area contributed by atoms with E-state index in [1.54, 1.807) is 11.4 Å². The van der Waals surface area contributed by atoms with E-state index in [4.69, 9.17) is 0 Å². The molecule has 2 rings (SSSR count). The summed E-state index contributed by atoms with van der Waals surface area (Å²) >= 11 is 1.14. The average molecular weight is 289 g/mol. The quantitative estimate of drug-likeness (QED) is 0.924. The van der Waals surface area contributed by atoms with Gasteiger partial charge in [-0.25, -0.2) is 4.79 Å². The van der Waals surface area contributed by atoms with E-state index in [9.17, 15) is 22.8 Å². The van der Waals surface area contributed by atoms with E-state index < -0.39 is 23.5 Å². The predicted molar refractivity (Wildman–Crippen MR) is 62.3 cm³/mol. The Morgan fingerprint density at radius 2 is 2.00 bits per heavy atom. The highest BCUT2D eigenvalue weighted by molar-refractivity contribution is 7.12. The van der Waals surface area contributed by atoms with Crippen molar-refractivity contribution in [2.45, 2.75) is 6.18 Å². The van der Waals surface area contributed by atoms with E-state index in [-0.39, 0.29) is 5.69 Å². The molecular formula is C11H6F3NO3S. The van der Waals surface area contributed by atoms with Crippen LogP contribution < -0.4 is 10.9 Å². The van der Waals surface area contributed by atoms with Crippen molar-refractivity contribution in [1.82, 2.24) is 0 Å². The summed E-state index contributed by atoms with van der Waals surface area (Å²) in [4.78, 5) is 23.3. The van der Waals surface area contributed by atoms with Crippen molar-refractivity contribution in [3.05, 3.63) is 50.7 Å². The highest BCUT2D eigenvalue weighted by Crippen LogP contribution is 2.28. The van der Waals surface area contributed by atoms with Crippen LogP contribution in [0.5, 0.6) is 0 Å². The minimum atomic E-state index is -4.74. The van der Waals surface area contributed by atoms with Crippen LogP contribution in [0.3, 0.4) is 0 Å². The van der Waals surface area contributed by atoms with Gasteiger partial charge in [0.15, 0.2) is 0 Å². The fraction of sp³-hybridized carbons (Fsp3) is 0.0909. The number of hydrogen-bond donors (Lipinski definition) is 1. The van der Waals surface area contributed by atoms with Crippen molar-refractivity contribution < 1.29 is 22.4 Å². The highest BCUT2D eigenvalue weighted by atomic mass is 32.1. The molecule has 0 atom stereocenters. The van der Waals surface area contributed by atoms with Crippen molar-refractivity contribution in [3.63, 3.8) is 0 Å². The Bertz CT molecular complexity index is 646. The third-order valence-corrected chi connectivity index (χ3v) is 2.97. The Hall–Kier alpha value is -2.09. The number of halogens is 3. The van der Waals surface area contributed by atoms with Crippen LogP contribution in [-0.4, -0.2) is 5.91 Å². The number of carbonyl (C=O) groups excluding carboxylic acids is 1. The lowest BCUT2D eigenvalue weighted by Gasteiger charge is -2.06. The summed E-state index contributed by atoms with van der Waals surface area (Å²) in [6.07, 6.45) is -4.74. The standard InChI is InChI=1S/C11H6F3NO3S/c12-11(13,14)8-4-3-6(10(17)18-8)15-9(16)7-2-1-5-19-7/h1-5H,(H,15,16). The van der Waals surface area contributed by atoms with Gasteiger partial charge in [0.25, 0.3) is 5.91 Å². The lowest BCUT2D eigenvalue weighted by atomic mass is 10.3. The van der Waals surface area contributed by atoms with E-state index in [0.717, 1.165) is 17.4 Å². The van der Waals surface area contributed by atoms with Crippen LogP contribution in [0.2, 0.25) is 0 Å². The highest BCUT2D eigenvalue weighted by Gasteiger charge is 2.34. The molecule has 0 aromatic carbocycles. The van der Waals surface area contributed by atoms with Gasteiger partial charge in [-0.3, -0.25) is 4.79 Å². The summed E-state index contributed by atoms with van der Waals surface area (Å²) in [5.41, 5.74) is -1.59. The molecule has 0 bridgehead atoms. The Labute approximate surface area is 108 Å². The van der Waals surface area contributed by atoms with Gasteiger partial charge >= 0.3 is 11.8 Å². The lowest BCUT2D eigenvalue weighted by molar-refractivity contribution is -0.154. The van der Waals surface area contributed by atoms with Crippen molar-refractivity contribution in [2.75, 3.05) is 5.32 Å². The molecule has 2 aromatic heterocycles. The Kier molecular flexibility index (Phi) is 3.43. The van der Waals surface area contributed by atoms with E-state index >= 15 is 0 Å². The van der Waals surface area contributed by atoms with Crippen molar-refractivity contribution in [3.8, 4) is 0 Å². The van der Waals surface area contributed by atoms with Gasteiger partial charge < -0.3 is 9.73 Å². The van der Waals surface area contributed by atoms with Crippen molar-refractivity contribution in [1.29, 1.82) is 0 Å². The molecule has 1 amide bonds. The first-order valence-electron chi connectivity index (χ1n) is 4.94. The molecule has 4 nitrogen and oxygen atoms in total. The van der Waals surface area contributed by atoms with Gasteiger partial charge in [0.1, 0.15) is 5.69 Å². The Morgan fingerprint density at radius 3 is 2.53 bits per heavy atom. The molecule has 0 aliphatic rings. The summed E-state index contributed by atoms with van der Waals surface area (Å²) in [6, 6.07) is 4.60. The van der Waals surface area contributed by atoms with Crippen LogP contribution in [-0.2, 0) is 6.18 Å². The summed E-state index contributed by atoms with van der Waals surface area (Å²) in [5.74, 6) is -1.99. The third kappa shape index (κ3) is 3.02. The first-order chi connectivity index (χ1) is 8.88. The molecule has 0 radical (unpaired) electrons. The smallest absolute Gasteiger partial charge is 0.417 e. The first-order valence-corrected chi connectivity index (χ1v) is 5.82. The zero-order valence-electron chi connectivity index (χ0n) is 9.15. The average Bonchev–Trinajstić information content (AvgIpc) is 2.84. The second-order valence-corrected chi connectivity index (χ2v) is 4.38. The fourth-order valence-corrected chi connectivity index (χ4v) is 1.87. The molecule has 0 saturated heterocycles. The largest absolute Gasteiger partial charge is 0.449 e. The molecule has 1 N–H and O–H groups in total. The molecule has 100 valence electrons. The van der Waals surface area contributed by atoms with Crippen LogP contribution in [0.1, 0.15) is 15.4 Å². The van der Waals surface area contributed by atoms with Gasteiger partial charge in [-0.15, -0.1) is 11.3 Å². The van der Waals surface area contributed by atoms with E-state index in [2.05, 4.69) is 9.73 Å². The molecule has 0 fully saturated rings. The molecule has 0 aliphatic carbocycles. The van der Waals surface area contributed by atoms with Gasteiger partial charge in [0.05, 0.1) is 4.88 Å². The van der Waals surface area contributed by atoms with Gasteiger partial charge in [0.2, 0.25) is 5.76 Å². The number of anilines is 1. The number of carbonyl (C=O) groups is 1. The zero-order chi connectivity index (χ0) is 14.0. The van der Waals surface area contributed by atoms with Crippen LogP contribution in [0.4, 0.5) is 18.9 Å². The number of rotatable bonds is 2. The monoisotopic (exact) mass is 289 g/mol. The minimum absolute atomic E-state index is 0.333. The van der Waals surface area contributed by atoms with Gasteiger partial charge in [-0.2, -0.15) is 13.2 Å². The van der Waals surface area contributed by atoms with Crippen molar-refractivity contribution in [2.24, 2.45) is 0 Å². The molecule has 0 spiro atoms. The Balaban J connectivity index is 2.23. The first kappa shape index (κ1) is 13.3. The molecule has 2 heterocycles. The number of hydrogen-bond acceptors (Lipinski definition) is 4. The summed E-state index contributed by atoms with van der Waals surface area (Å²) in [6.45, 7) is 0.